The summed E-state index contributed by atoms with van der Waals surface area (Å²) in [7, 11) is 0. The van der Waals surface area contributed by atoms with Gasteiger partial charge in [0.15, 0.2) is 0 Å². The van der Waals surface area contributed by atoms with Crippen LogP contribution in [0.1, 0.15) is 69.2 Å². The van der Waals surface area contributed by atoms with Gasteiger partial charge in [-0.3, -0.25) is 4.79 Å². The van der Waals surface area contributed by atoms with E-state index < -0.39 is 0 Å². The first-order valence-corrected chi connectivity index (χ1v) is 9.11. The summed E-state index contributed by atoms with van der Waals surface area (Å²) in [5, 5.41) is 13.1. The molecular weight excluding hydrogens is 336 g/mol. The summed E-state index contributed by atoms with van der Waals surface area (Å²) in [6, 6.07) is 2.17. The van der Waals surface area contributed by atoms with Crippen molar-refractivity contribution in [3.05, 3.63) is 27.2 Å². The SMILES string of the molecule is CCCC1CNCc2c1[nH]c(=O)c(C#N)c2N1CCC(C)(C)CC1.Cl. The first-order valence-electron chi connectivity index (χ1n) is 9.11. The predicted molar refractivity (Wildman–Crippen MR) is 104 cm³/mol. The Hall–Kier alpha value is -1.51. The number of H-pyrrole nitrogens is 1. The van der Waals surface area contributed by atoms with Gasteiger partial charge in [0.05, 0.1) is 5.69 Å². The van der Waals surface area contributed by atoms with Crippen LogP contribution in [0.3, 0.4) is 0 Å². The maximum Gasteiger partial charge on any atom is 0.268 e. The number of hydrogen-bond acceptors (Lipinski definition) is 4. The van der Waals surface area contributed by atoms with Gasteiger partial charge >= 0.3 is 0 Å². The van der Waals surface area contributed by atoms with E-state index in [0.29, 0.717) is 11.3 Å². The van der Waals surface area contributed by atoms with Crippen molar-refractivity contribution in [1.82, 2.24) is 10.3 Å². The highest BCUT2D eigenvalue weighted by Crippen LogP contribution is 2.37. The Bertz CT molecular complexity index is 709. The molecule has 1 saturated heterocycles. The van der Waals surface area contributed by atoms with E-state index in [1.165, 1.54) is 0 Å². The second kappa shape index (κ2) is 7.80. The fourth-order valence-electron chi connectivity index (χ4n) is 4.03. The van der Waals surface area contributed by atoms with Crippen molar-refractivity contribution in [3.63, 3.8) is 0 Å². The highest BCUT2D eigenvalue weighted by atomic mass is 35.5. The van der Waals surface area contributed by atoms with Crippen molar-refractivity contribution in [2.45, 2.75) is 58.9 Å². The third kappa shape index (κ3) is 3.86. The lowest BCUT2D eigenvalue weighted by Crippen LogP contribution is -2.41. The standard InChI is InChI=1S/C19H28N4O.ClH/c1-4-5-13-11-21-12-15-16(13)22-18(24)14(10-20)17(15)23-8-6-19(2,3)7-9-23;/h13,21H,4-9,11-12H2,1-3H3,(H,22,24);1H. The number of nitrogens with one attached hydrogen (secondary N) is 2. The maximum absolute atomic E-state index is 12.5. The minimum absolute atomic E-state index is 0. The molecule has 1 atom stereocenters. The summed E-state index contributed by atoms with van der Waals surface area (Å²) in [6.07, 6.45) is 4.31. The van der Waals surface area contributed by atoms with Gasteiger partial charge in [-0.15, -0.1) is 12.4 Å². The summed E-state index contributed by atoms with van der Waals surface area (Å²) in [5.74, 6) is 0.333. The zero-order chi connectivity index (χ0) is 17.3. The minimum atomic E-state index is -0.223. The number of aromatic nitrogens is 1. The Kier molecular flexibility index (Phi) is 6.18. The van der Waals surface area contributed by atoms with Gasteiger partial charge in [-0.1, -0.05) is 27.2 Å². The molecule has 2 aliphatic heterocycles. The van der Waals surface area contributed by atoms with Crippen LogP contribution in [-0.4, -0.2) is 24.6 Å². The molecule has 1 unspecified atom stereocenters. The number of aromatic amines is 1. The Balaban J connectivity index is 0.00000225. The molecule has 2 N–H and O–H groups in total. The number of halogens is 1. The van der Waals surface area contributed by atoms with E-state index in [-0.39, 0.29) is 23.5 Å². The molecule has 0 bridgehead atoms. The van der Waals surface area contributed by atoms with E-state index in [0.717, 1.165) is 68.8 Å². The summed E-state index contributed by atoms with van der Waals surface area (Å²) in [4.78, 5) is 17.8. The Morgan fingerprint density at radius 3 is 2.60 bits per heavy atom. The molecular formula is C19H29ClN4O. The molecule has 138 valence electrons. The zero-order valence-corrected chi connectivity index (χ0v) is 16.3. The lowest BCUT2D eigenvalue weighted by molar-refractivity contribution is 0.279. The third-order valence-corrected chi connectivity index (χ3v) is 5.61. The maximum atomic E-state index is 12.5. The third-order valence-electron chi connectivity index (χ3n) is 5.61. The number of hydrogen-bond donors (Lipinski definition) is 2. The molecule has 1 aromatic heterocycles. The van der Waals surface area contributed by atoms with Crippen LogP contribution < -0.4 is 15.8 Å². The number of nitrogens with zero attached hydrogens (tertiary/aromatic N) is 2. The normalized spacial score (nSPS) is 21.8. The number of anilines is 1. The zero-order valence-electron chi connectivity index (χ0n) is 15.4. The lowest BCUT2D eigenvalue weighted by Gasteiger charge is -2.40. The second-order valence-electron chi connectivity index (χ2n) is 7.95. The molecule has 3 heterocycles. The van der Waals surface area contributed by atoms with Crippen molar-refractivity contribution in [1.29, 1.82) is 5.26 Å². The number of fused-ring (bicyclic) bond motifs is 1. The van der Waals surface area contributed by atoms with Gasteiger partial charge in [0.25, 0.3) is 5.56 Å². The van der Waals surface area contributed by atoms with Crippen LogP contribution in [0.25, 0.3) is 0 Å². The summed E-state index contributed by atoms with van der Waals surface area (Å²) in [5.41, 5.74) is 3.48. The Labute approximate surface area is 156 Å². The van der Waals surface area contributed by atoms with Crippen molar-refractivity contribution < 1.29 is 0 Å². The van der Waals surface area contributed by atoms with E-state index in [9.17, 15) is 10.1 Å². The number of nitriles is 1. The average molecular weight is 365 g/mol. The van der Waals surface area contributed by atoms with Crippen molar-refractivity contribution in [2.75, 3.05) is 24.5 Å². The van der Waals surface area contributed by atoms with Gasteiger partial charge in [-0.25, -0.2) is 0 Å². The van der Waals surface area contributed by atoms with Crippen LogP contribution in [-0.2, 0) is 6.54 Å². The van der Waals surface area contributed by atoms with Crippen molar-refractivity contribution in [2.24, 2.45) is 5.41 Å². The molecule has 5 nitrogen and oxygen atoms in total. The molecule has 2 aliphatic rings. The Morgan fingerprint density at radius 1 is 1.32 bits per heavy atom. The van der Waals surface area contributed by atoms with Crippen LogP contribution in [0, 0.1) is 16.7 Å². The van der Waals surface area contributed by atoms with Crippen LogP contribution in [0.2, 0.25) is 0 Å². The average Bonchev–Trinajstić information content (AvgIpc) is 2.55. The fraction of sp³-hybridized carbons (Fsp3) is 0.684. The van der Waals surface area contributed by atoms with E-state index >= 15 is 0 Å². The molecule has 0 saturated carbocycles. The quantitative estimate of drug-likeness (QED) is 0.863. The van der Waals surface area contributed by atoms with E-state index in [1.54, 1.807) is 0 Å². The molecule has 6 heteroatoms. The highest BCUT2D eigenvalue weighted by molar-refractivity contribution is 5.85. The van der Waals surface area contributed by atoms with Crippen LogP contribution in [0.15, 0.2) is 4.79 Å². The fourth-order valence-corrected chi connectivity index (χ4v) is 4.03. The highest BCUT2D eigenvalue weighted by Gasteiger charge is 2.32. The topological polar surface area (TPSA) is 71.9 Å². The van der Waals surface area contributed by atoms with Gasteiger partial charge in [-0.2, -0.15) is 5.26 Å². The van der Waals surface area contributed by atoms with E-state index in [4.69, 9.17) is 0 Å². The smallest absolute Gasteiger partial charge is 0.268 e. The Morgan fingerprint density at radius 2 is 2.00 bits per heavy atom. The number of rotatable bonds is 3. The monoisotopic (exact) mass is 364 g/mol. The predicted octanol–water partition coefficient (Wildman–Crippen LogP) is 3.28. The van der Waals surface area contributed by atoms with Crippen molar-refractivity contribution >= 4 is 18.1 Å². The summed E-state index contributed by atoms with van der Waals surface area (Å²) in [6.45, 7) is 10.2. The first-order chi connectivity index (χ1) is 11.5. The molecule has 0 spiro atoms. The minimum Gasteiger partial charge on any atom is -0.370 e. The van der Waals surface area contributed by atoms with Gasteiger partial charge in [0.1, 0.15) is 11.6 Å². The van der Waals surface area contributed by atoms with E-state index in [2.05, 4.69) is 42.0 Å². The number of pyridine rings is 1. The van der Waals surface area contributed by atoms with Gasteiger partial charge in [0.2, 0.25) is 0 Å². The molecule has 0 aliphatic carbocycles. The molecule has 25 heavy (non-hydrogen) atoms. The van der Waals surface area contributed by atoms with Crippen LogP contribution in [0.4, 0.5) is 5.69 Å². The summed E-state index contributed by atoms with van der Waals surface area (Å²) < 4.78 is 0. The lowest BCUT2D eigenvalue weighted by atomic mass is 9.82. The molecule has 0 amide bonds. The molecule has 3 rings (SSSR count). The van der Waals surface area contributed by atoms with Crippen LogP contribution in [0.5, 0.6) is 0 Å². The first kappa shape index (κ1) is 19.8. The second-order valence-corrected chi connectivity index (χ2v) is 7.95. The van der Waals surface area contributed by atoms with Gasteiger partial charge in [-0.05, 0) is 24.7 Å². The van der Waals surface area contributed by atoms with E-state index in [1.807, 2.05) is 0 Å². The molecule has 0 radical (unpaired) electrons. The van der Waals surface area contributed by atoms with Gasteiger partial charge in [0, 0.05) is 43.4 Å². The number of piperidine rings is 1. The van der Waals surface area contributed by atoms with Gasteiger partial charge < -0.3 is 15.2 Å². The summed E-state index contributed by atoms with van der Waals surface area (Å²) >= 11 is 0. The molecule has 1 aromatic rings. The molecule has 0 aromatic carbocycles. The largest absolute Gasteiger partial charge is 0.370 e. The van der Waals surface area contributed by atoms with Crippen molar-refractivity contribution in [3.8, 4) is 6.07 Å². The van der Waals surface area contributed by atoms with Crippen LogP contribution >= 0.6 is 12.4 Å². The molecule has 1 fully saturated rings.